The van der Waals surface area contributed by atoms with Gasteiger partial charge < -0.3 is 10.1 Å². The van der Waals surface area contributed by atoms with Gasteiger partial charge in [-0.3, -0.25) is 4.98 Å². The Morgan fingerprint density at radius 3 is 2.95 bits per heavy atom. The lowest BCUT2D eigenvalue weighted by atomic mass is 9.96. The molecule has 2 aromatic rings. The van der Waals surface area contributed by atoms with Crippen molar-refractivity contribution >= 4 is 0 Å². The molecule has 1 aliphatic heterocycles. The van der Waals surface area contributed by atoms with Crippen LogP contribution in [0.3, 0.4) is 0 Å². The van der Waals surface area contributed by atoms with Crippen molar-refractivity contribution in [3.63, 3.8) is 0 Å². The second-order valence-electron chi connectivity index (χ2n) is 5.59. The van der Waals surface area contributed by atoms with E-state index < -0.39 is 0 Å². The summed E-state index contributed by atoms with van der Waals surface area (Å²) in [5.74, 6) is 0. The maximum absolute atomic E-state index is 5.52. The minimum atomic E-state index is 0.333. The van der Waals surface area contributed by atoms with Crippen LogP contribution < -0.4 is 5.32 Å². The fourth-order valence-electron chi connectivity index (χ4n) is 2.79. The number of aromatic nitrogens is 1. The monoisotopic (exact) mass is 282 g/mol. The van der Waals surface area contributed by atoms with Crippen LogP contribution in [0.2, 0.25) is 0 Å². The second-order valence-corrected chi connectivity index (χ2v) is 5.59. The van der Waals surface area contributed by atoms with Gasteiger partial charge in [0.05, 0.1) is 13.2 Å². The van der Waals surface area contributed by atoms with Gasteiger partial charge in [0, 0.05) is 18.4 Å². The smallest absolute Gasteiger partial charge is 0.0725 e. The van der Waals surface area contributed by atoms with Crippen LogP contribution in [0.25, 0.3) is 0 Å². The summed E-state index contributed by atoms with van der Waals surface area (Å²) in [5.41, 5.74) is 5.27. The fraction of sp³-hybridized carbons (Fsp3) is 0.389. The average Bonchev–Trinajstić information content (AvgIpc) is 3.00. The number of nitrogens with zero attached hydrogens (tertiary/aromatic N) is 1. The summed E-state index contributed by atoms with van der Waals surface area (Å²) in [4.78, 5) is 4.22. The molecule has 0 saturated carbocycles. The number of rotatable bonds is 6. The molecule has 0 bridgehead atoms. The summed E-state index contributed by atoms with van der Waals surface area (Å²) in [6.45, 7) is 4.73. The molecule has 0 saturated heterocycles. The van der Waals surface area contributed by atoms with Crippen molar-refractivity contribution in [1.82, 2.24) is 10.3 Å². The molecule has 1 aliphatic rings. The van der Waals surface area contributed by atoms with Crippen LogP contribution >= 0.6 is 0 Å². The molecule has 110 valence electrons. The molecule has 21 heavy (non-hydrogen) atoms. The summed E-state index contributed by atoms with van der Waals surface area (Å²) >= 11 is 0. The summed E-state index contributed by atoms with van der Waals surface area (Å²) < 4.78 is 5.52. The molecule has 1 aromatic heterocycles. The number of hydrogen-bond acceptors (Lipinski definition) is 3. The molecular formula is C18H22N2O. The van der Waals surface area contributed by atoms with E-state index in [1.54, 1.807) is 0 Å². The molecule has 0 amide bonds. The van der Waals surface area contributed by atoms with E-state index in [4.69, 9.17) is 4.74 Å². The minimum Gasteiger partial charge on any atom is -0.372 e. The number of pyridine rings is 1. The van der Waals surface area contributed by atoms with E-state index in [0.29, 0.717) is 6.04 Å². The Kier molecular flexibility index (Phi) is 4.63. The number of nitrogens with one attached hydrogen (secondary N) is 1. The van der Waals surface area contributed by atoms with Gasteiger partial charge in [-0.25, -0.2) is 0 Å². The Bertz CT molecular complexity index is 583. The Morgan fingerprint density at radius 2 is 2.14 bits per heavy atom. The maximum atomic E-state index is 5.52. The molecule has 3 rings (SSSR count). The van der Waals surface area contributed by atoms with Gasteiger partial charge in [0.2, 0.25) is 0 Å². The number of ether oxygens (including phenoxy) is 1. The van der Waals surface area contributed by atoms with Gasteiger partial charge in [0.15, 0.2) is 0 Å². The standard InChI is InChI=1S/C18H22N2O/c1-2-7-20-18(9-14-4-3-8-19-11-14)15-5-6-16-12-21-13-17(16)10-15/h3-6,8,10-11,18,20H,2,7,9,12-13H2,1H3. The molecule has 1 atom stereocenters. The topological polar surface area (TPSA) is 34.2 Å². The highest BCUT2D eigenvalue weighted by atomic mass is 16.5. The third kappa shape index (κ3) is 3.49. The summed E-state index contributed by atoms with van der Waals surface area (Å²) in [7, 11) is 0. The lowest BCUT2D eigenvalue weighted by Gasteiger charge is -2.20. The van der Waals surface area contributed by atoms with Gasteiger partial charge in [-0.1, -0.05) is 31.2 Å². The van der Waals surface area contributed by atoms with Crippen LogP contribution in [0.4, 0.5) is 0 Å². The second kappa shape index (κ2) is 6.83. The van der Waals surface area contributed by atoms with Gasteiger partial charge >= 0.3 is 0 Å². The summed E-state index contributed by atoms with van der Waals surface area (Å²) in [6.07, 6.45) is 5.88. The molecule has 3 heteroatoms. The molecule has 0 fully saturated rings. The van der Waals surface area contributed by atoms with Crippen molar-refractivity contribution in [1.29, 1.82) is 0 Å². The fourth-order valence-corrected chi connectivity index (χ4v) is 2.79. The molecule has 1 unspecified atom stereocenters. The molecular weight excluding hydrogens is 260 g/mol. The van der Waals surface area contributed by atoms with Crippen molar-refractivity contribution < 1.29 is 4.74 Å². The maximum Gasteiger partial charge on any atom is 0.0725 e. The first-order valence-corrected chi connectivity index (χ1v) is 7.68. The zero-order valence-corrected chi connectivity index (χ0v) is 12.5. The SMILES string of the molecule is CCCNC(Cc1cccnc1)c1ccc2c(c1)COC2. The highest BCUT2D eigenvalue weighted by molar-refractivity contribution is 5.35. The van der Waals surface area contributed by atoms with E-state index in [9.17, 15) is 0 Å². The first-order chi connectivity index (χ1) is 10.4. The van der Waals surface area contributed by atoms with Crippen molar-refractivity contribution in [2.45, 2.75) is 39.0 Å². The van der Waals surface area contributed by atoms with Gasteiger partial charge in [0.1, 0.15) is 0 Å². The number of fused-ring (bicyclic) bond motifs is 1. The summed E-state index contributed by atoms with van der Waals surface area (Å²) in [6, 6.07) is 11.2. The van der Waals surface area contributed by atoms with Crippen LogP contribution in [0.15, 0.2) is 42.7 Å². The molecule has 1 aromatic carbocycles. The molecule has 3 nitrogen and oxygen atoms in total. The van der Waals surface area contributed by atoms with E-state index in [-0.39, 0.29) is 0 Å². The van der Waals surface area contributed by atoms with Crippen LogP contribution in [-0.2, 0) is 24.4 Å². The Balaban J connectivity index is 1.81. The first-order valence-electron chi connectivity index (χ1n) is 7.68. The van der Waals surface area contributed by atoms with Crippen LogP contribution in [0.1, 0.15) is 41.6 Å². The van der Waals surface area contributed by atoms with E-state index in [2.05, 4.69) is 41.5 Å². The summed E-state index contributed by atoms with van der Waals surface area (Å²) in [5, 5.41) is 3.66. The third-order valence-electron chi connectivity index (χ3n) is 3.95. The third-order valence-corrected chi connectivity index (χ3v) is 3.95. The van der Waals surface area contributed by atoms with Crippen LogP contribution in [0, 0.1) is 0 Å². The first kappa shape index (κ1) is 14.2. The molecule has 1 N–H and O–H groups in total. The van der Waals surface area contributed by atoms with E-state index in [1.165, 1.54) is 22.3 Å². The molecule has 0 spiro atoms. The van der Waals surface area contributed by atoms with Gasteiger partial charge in [-0.15, -0.1) is 0 Å². The van der Waals surface area contributed by atoms with Crippen molar-refractivity contribution in [2.75, 3.05) is 6.54 Å². The highest BCUT2D eigenvalue weighted by Gasteiger charge is 2.16. The van der Waals surface area contributed by atoms with Crippen molar-refractivity contribution in [3.8, 4) is 0 Å². The number of benzene rings is 1. The largest absolute Gasteiger partial charge is 0.372 e. The average molecular weight is 282 g/mol. The Hall–Kier alpha value is -1.71. The van der Waals surface area contributed by atoms with Crippen molar-refractivity contribution in [3.05, 3.63) is 65.0 Å². The molecule has 0 aliphatic carbocycles. The molecule has 0 radical (unpaired) electrons. The zero-order chi connectivity index (χ0) is 14.5. The lowest BCUT2D eigenvalue weighted by Crippen LogP contribution is -2.24. The van der Waals surface area contributed by atoms with Gasteiger partial charge in [-0.2, -0.15) is 0 Å². The van der Waals surface area contributed by atoms with Gasteiger partial charge in [0.25, 0.3) is 0 Å². The quantitative estimate of drug-likeness (QED) is 0.882. The minimum absolute atomic E-state index is 0.333. The lowest BCUT2D eigenvalue weighted by molar-refractivity contribution is 0.134. The van der Waals surface area contributed by atoms with Gasteiger partial charge in [-0.05, 0) is 47.7 Å². The van der Waals surface area contributed by atoms with E-state index in [1.807, 2.05) is 18.5 Å². The van der Waals surface area contributed by atoms with E-state index in [0.717, 1.165) is 32.6 Å². The normalized spacial score (nSPS) is 14.9. The van der Waals surface area contributed by atoms with Crippen LogP contribution in [0.5, 0.6) is 0 Å². The van der Waals surface area contributed by atoms with Crippen molar-refractivity contribution in [2.24, 2.45) is 0 Å². The highest BCUT2D eigenvalue weighted by Crippen LogP contribution is 2.25. The number of hydrogen-bond donors (Lipinski definition) is 1. The predicted octanol–water partition coefficient (Wildman–Crippen LogP) is 3.40. The van der Waals surface area contributed by atoms with Crippen LogP contribution in [-0.4, -0.2) is 11.5 Å². The molecule has 2 heterocycles. The predicted molar refractivity (Wildman–Crippen MR) is 83.9 cm³/mol. The Labute approximate surface area is 126 Å². The Morgan fingerprint density at radius 1 is 1.24 bits per heavy atom. The zero-order valence-electron chi connectivity index (χ0n) is 12.5. The van der Waals surface area contributed by atoms with E-state index >= 15 is 0 Å².